The van der Waals surface area contributed by atoms with Crippen LogP contribution in [0.3, 0.4) is 0 Å². The molecule has 3 heteroatoms. The van der Waals surface area contributed by atoms with E-state index in [1.54, 1.807) is 0 Å². The van der Waals surface area contributed by atoms with Crippen LogP contribution in [0, 0.1) is 6.92 Å². The second-order valence-electron chi connectivity index (χ2n) is 5.30. The Hall–Kier alpha value is -0.830. The smallest absolute Gasteiger partial charge is 0.0697 e. The van der Waals surface area contributed by atoms with E-state index in [0.717, 1.165) is 0 Å². The van der Waals surface area contributed by atoms with Crippen molar-refractivity contribution >= 4 is 0 Å². The molecule has 1 unspecified atom stereocenters. The molecule has 1 aliphatic heterocycles. The molecule has 1 aliphatic rings. The number of hydrogen-bond donors (Lipinski definition) is 0. The van der Waals surface area contributed by atoms with E-state index in [9.17, 15) is 0 Å². The van der Waals surface area contributed by atoms with Crippen molar-refractivity contribution in [3.05, 3.63) is 17.5 Å². The summed E-state index contributed by atoms with van der Waals surface area (Å²) in [5.74, 6) is 0.636. The molecule has 0 radical (unpaired) electrons. The lowest BCUT2D eigenvalue weighted by Gasteiger charge is -2.35. The maximum absolute atomic E-state index is 4.62. The summed E-state index contributed by atoms with van der Waals surface area (Å²) in [6.45, 7) is 9.17. The highest BCUT2D eigenvalue weighted by Crippen LogP contribution is 2.28. The minimum Gasteiger partial charge on any atom is -0.300 e. The Kier molecular flexibility index (Phi) is 3.33. The first-order valence-corrected chi connectivity index (χ1v) is 6.32. The first-order chi connectivity index (χ1) is 7.58. The summed E-state index contributed by atoms with van der Waals surface area (Å²) in [5, 5.41) is 4.62. The van der Waals surface area contributed by atoms with E-state index in [0.29, 0.717) is 12.0 Å². The van der Waals surface area contributed by atoms with Gasteiger partial charge in [-0.15, -0.1) is 0 Å². The van der Waals surface area contributed by atoms with Crippen LogP contribution in [0.2, 0.25) is 0 Å². The van der Waals surface area contributed by atoms with Gasteiger partial charge in [0.25, 0.3) is 0 Å². The van der Waals surface area contributed by atoms with Crippen molar-refractivity contribution < 1.29 is 0 Å². The summed E-state index contributed by atoms with van der Waals surface area (Å²) in [6, 6.07) is 0.659. The topological polar surface area (TPSA) is 21.1 Å². The van der Waals surface area contributed by atoms with E-state index < -0.39 is 0 Å². The fourth-order valence-corrected chi connectivity index (χ4v) is 2.73. The summed E-state index contributed by atoms with van der Waals surface area (Å²) in [7, 11) is 2.01. The highest BCUT2D eigenvalue weighted by Gasteiger charge is 2.25. The summed E-state index contributed by atoms with van der Waals surface area (Å²) >= 11 is 0. The molecular weight excluding hydrogens is 198 g/mol. The van der Waals surface area contributed by atoms with Crippen molar-refractivity contribution in [1.29, 1.82) is 0 Å². The van der Waals surface area contributed by atoms with E-state index in [1.165, 1.54) is 37.2 Å². The van der Waals surface area contributed by atoms with Crippen molar-refractivity contribution in [3.8, 4) is 0 Å². The molecule has 1 saturated heterocycles. The molecule has 0 spiro atoms. The average Bonchev–Trinajstić information content (AvgIpc) is 2.58. The molecule has 0 saturated carbocycles. The Labute approximate surface area is 98.4 Å². The molecular formula is C13H23N3. The van der Waals surface area contributed by atoms with E-state index in [-0.39, 0.29) is 0 Å². The van der Waals surface area contributed by atoms with Gasteiger partial charge < -0.3 is 4.90 Å². The van der Waals surface area contributed by atoms with Crippen LogP contribution in [0.25, 0.3) is 0 Å². The number of rotatable bonds is 2. The van der Waals surface area contributed by atoms with Gasteiger partial charge in [-0.05, 0) is 45.7 Å². The predicted molar refractivity (Wildman–Crippen MR) is 66.6 cm³/mol. The SMILES string of the molecule is Cc1cn(C)nc1C1CCCN(C(C)C)C1. The zero-order chi connectivity index (χ0) is 11.7. The van der Waals surface area contributed by atoms with Crippen LogP contribution in [-0.2, 0) is 7.05 Å². The van der Waals surface area contributed by atoms with Crippen LogP contribution in [0.15, 0.2) is 6.20 Å². The second-order valence-corrected chi connectivity index (χ2v) is 5.30. The average molecular weight is 221 g/mol. The molecule has 3 nitrogen and oxygen atoms in total. The van der Waals surface area contributed by atoms with Crippen molar-refractivity contribution in [2.24, 2.45) is 7.05 Å². The molecule has 0 aliphatic carbocycles. The fraction of sp³-hybridized carbons (Fsp3) is 0.769. The maximum Gasteiger partial charge on any atom is 0.0697 e. The Morgan fingerprint density at radius 3 is 2.75 bits per heavy atom. The number of aryl methyl sites for hydroxylation is 2. The van der Waals surface area contributed by atoms with Crippen LogP contribution in [0.4, 0.5) is 0 Å². The molecule has 0 N–H and O–H groups in total. The number of piperidine rings is 1. The molecule has 1 atom stereocenters. The Balaban J connectivity index is 2.12. The van der Waals surface area contributed by atoms with Gasteiger partial charge in [-0.1, -0.05) is 0 Å². The van der Waals surface area contributed by atoms with Crippen LogP contribution >= 0.6 is 0 Å². The Morgan fingerprint density at radius 1 is 1.44 bits per heavy atom. The molecule has 2 rings (SSSR count). The molecule has 0 aromatic carbocycles. The number of aromatic nitrogens is 2. The molecule has 90 valence electrons. The van der Waals surface area contributed by atoms with Gasteiger partial charge in [0, 0.05) is 31.7 Å². The van der Waals surface area contributed by atoms with Crippen molar-refractivity contribution in [1.82, 2.24) is 14.7 Å². The van der Waals surface area contributed by atoms with E-state index >= 15 is 0 Å². The summed E-state index contributed by atoms with van der Waals surface area (Å²) in [4.78, 5) is 2.57. The maximum atomic E-state index is 4.62. The summed E-state index contributed by atoms with van der Waals surface area (Å²) < 4.78 is 1.94. The van der Waals surface area contributed by atoms with E-state index in [1.807, 2.05) is 11.7 Å². The fourth-order valence-electron chi connectivity index (χ4n) is 2.73. The van der Waals surface area contributed by atoms with Crippen molar-refractivity contribution in [2.45, 2.75) is 45.6 Å². The third-order valence-electron chi connectivity index (χ3n) is 3.62. The molecule has 1 fully saturated rings. The zero-order valence-corrected chi connectivity index (χ0v) is 10.9. The highest BCUT2D eigenvalue weighted by atomic mass is 15.3. The first-order valence-electron chi connectivity index (χ1n) is 6.32. The zero-order valence-electron chi connectivity index (χ0n) is 10.9. The Morgan fingerprint density at radius 2 is 2.19 bits per heavy atom. The molecule has 2 heterocycles. The van der Waals surface area contributed by atoms with Crippen molar-refractivity contribution in [2.75, 3.05) is 13.1 Å². The van der Waals surface area contributed by atoms with Gasteiger partial charge >= 0.3 is 0 Å². The normalized spacial score (nSPS) is 22.9. The van der Waals surface area contributed by atoms with Gasteiger partial charge in [0.05, 0.1) is 5.69 Å². The Bertz CT molecular complexity index is 354. The van der Waals surface area contributed by atoms with Crippen LogP contribution in [0.1, 0.15) is 43.9 Å². The van der Waals surface area contributed by atoms with E-state index in [2.05, 4.69) is 37.0 Å². The van der Waals surface area contributed by atoms with Crippen molar-refractivity contribution in [3.63, 3.8) is 0 Å². The van der Waals surface area contributed by atoms with E-state index in [4.69, 9.17) is 0 Å². The molecule has 0 bridgehead atoms. The van der Waals surface area contributed by atoms with Gasteiger partial charge in [0.2, 0.25) is 0 Å². The monoisotopic (exact) mass is 221 g/mol. The minimum absolute atomic E-state index is 0.636. The number of likely N-dealkylation sites (tertiary alicyclic amines) is 1. The second kappa shape index (κ2) is 4.58. The molecule has 1 aromatic heterocycles. The molecule has 0 amide bonds. The standard InChI is InChI=1S/C13H23N3/c1-10(2)16-7-5-6-12(9-16)13-11(3)8-15(4)14-13/h8,10,12H,5-7,9H2,1-4H3. The third kappa shape index (κ3) is 2.29. The lowest BCUT2D eigenvalue weighted by atomic mass is 9.92. The lowest BCUT2D eigenvalue weighted by molar-refractivity contribution is 0.166. The van der Waals surface area contributed by atoms with Crippen LogP contribution in [0.5, 0.6) is 0 Å². The summed E-state index contributed by atoms with van der Waals surface area (Å²) in [5.41, 5.74) is 2.66. The van der Waals surface area contributed by atoms with Crippen LogP contribution < -0.4 is 0 Å². The van der Waals surface area contributed by atoms with Gasteiger partial charge in [-0.3, -0.25) is 4.68 Å². The third-order valence-corrected chi connectivity index (χ3v) is 3.62. The number of nitrogens with zero attached hydrogens (tertiary/aromatic N) is 3. The quantitative estimate of drug-likeness (QED) is 0.764. The van der Waals surface area contributed by atoms with Gasteiger partial charge in [-0.25, -0.2) is 0 Å². The van der Waals surface area contributed by atoms with Gasteiger partial charge in [-0.2, -0.15) is 5.10 Å². The molecule has 16 heavy (non-hydrogen) atoms. The minimum atomic E-state index is 0.636. The van der Waals surface area contributed by atoms with Gasteiger partial charge in [0.1, 0.15) is 0 Å². The first kappa shape index (κ1) is 11.6. The highest BCUT2D eigenvalue weighted by molar-refractivity contribution is 5.20. The largest absolute Gasteiger partial charge is 0.300 e. The van der Waals surface area contributed by atoms with Crippen LogP contribution in [-0.4, -0.2) is 33.8 Å². The predicted octanol–water partition coefficient (Wildman–Crippen LogP) is 2.32. The number of hydrogen-bond acceptors (Lipinski definition) is 2. The molecule has 1 aromatic rings. The lowest BCUT2D eigenvalue weighted by Crippen LogP contribution is -2.39. The van der Waals surface area contributed by atoms with Gasteiger partial charge in [0.15, 0.2) is 0 Å². The summed E-state index contributed by atoms with van der Waals surface area (Å²) in [6.07, 6.45) is 4.73.